The molecule has 2 N–H and O–H groups in total. The minimum Gasteiger partial charge on any atom is -0.362 e. The van der Waals surface area contributed by atoms with Crippen LogP contribution >= 0.6 is 0 Å². The SMILES string of the molecule is CC1=NN(C(=O)C(=O)Nc2ccccc2)[C@](O)(C(F)(F)F)C1. The monoisotopic (exact) mass is 315 g/mol. The maximum absolute atomic E-state index is 13.0. The number of amides is 2. The van der Waals surface area contributed by atoms with Gasteiger partial charge >= 0.3 is 18.0 Å². The van der Waals surface area contributed by atoms with Crippen molar-refractivity contribution >= 4 is 23.2 Å². The smallest absolute Gasteiger partial charge is 0.362 e. The minimum absolute atomic E-state index is 0.110. The molecule has 118 valence electrons. The van der Waals surface area contributed by atoms with E-state index in [2.05, 4.69) is 10.4 Å². The molecular weight excluding hydrogens is 303 g/mol. The summed E-state index contributed by atoms with van der Waals surface area (Å²) in [6.45, 7) is 1.22. The number of alkyl halides is 3. The Balaban J connectivity index is 2.22. The Labute approximate surface area is 123 Å². The summed E-state index contributed by atoms with van der Waals surface area (Å²) in [7, 11) is 0. The number of hydrazone groups is 1. The summed E-state index contributed by atoms with van der Waals surface area (Å²) in [5.41, 5.74) is -3.39. The molecule has 0 fully saturated rings. The van der Waals surface area contributed by atoms with E-state index in [0.29, 0.717) is 0 Å². The number of para-hydroxylation sites is 1. The molecule has 6 nitrogen and oxygen atoms in total. The highest BCUT2D eigenvalue weighted by molar-refractivity contribution is 6.39. The van der Waals surface area contributed by atoms with Crippen molar-refractivity contribution in [1.29, 1.82) is 0 Å². The van der Waals surface area contributed by atoms with E-state index in [9.17, 15) is 27.9 Å². The zero-order chi connectivity index (χ0) is 16.5. The second-order valence-corrected chi connectivity index (χ2v) is 4.76. The molecule has 1 heterocycles. The second-order valence-electron chi connectivity index (χ2n) is 4.76. The number of anilines is 1. The Bertz CT molecular complexity index is 630. The van der Waals surface area contributed by atoms with E-state index < -0.39 is 30.1 Å². The molecule has 0 aromatic heterocycles. The van der Waals surface area contributed by atoms with Crippen molar-refractivity contribution in [3.8, 4) is 0 Å². The van der Waals surface area contributed by atoms with Gasteiger partial charge < -0.3 is 10.4 Å². The molecule has 0 aliphatic carbocycles. The Morgan fingerprint density at radius 2 is 1.91 bits per heavy atom. The molecule has 2 amide bonds. The van der Waals surface area contributed by atoms with Crippen LogP contribution in [0.1, 0.15) is 13.3 Å². The minimum atomic E-state index is -5.14. The predicted octanol–water partition coefficient (Wildman–Crippen LogP) is 1.48. The molecule has 1 aromatic carbocycles. The van der Waals surface area contributed by atoms with Gasteiger partial charge in [-0.05, 0) is 19.1 Å². The van der Waals surface area contributed by atoms with Gasteiger partial charge in [-0.2, -0.15) is 23.3 Å². The summed E-state index contributed by atoms with van der Waals surface area (Å²) in [4.78, 5) is 23.7. The summed E-state index contributed by atoms with van der Waals surface area (Å²) in [5, 5.41) is 15.0. The molecule has 0 unspecified atom stereocenters. The van der Waals surface area contributed by atoms with Crippen molar-refractivity contribution in [2.45, 2.75) is 25.2 Å². The number of nitrogens with zero attached hydrogens (tertiary/aromatic N) is 2. The van der Waals surface area contributed by atoms with Crippen molar-refractivity contribution < 1.29 is 27.9 Å². The molecule has 0 bridgehead atoms. The fourth-order valence-corrected chi connectivity index (χ4v) is 1.96. The number of carbonyl (C=O) groups excluding carboxylic acids is 2. The van der Waals surface area contributed by atoms with Gasteiger partial charge in [-0.3, -0.25) is 9.59 Å². The van der Waals surface area contributed by atoms with Crippen LogP contribution in [0.15, 0.2) is 35.4 Å². The highest BCUT2D eigenvalue weighted by Gasteiger charge is 2.63. The maximum atomic E-state index is 13.0. The quantitative estimate of drug-likeness (QED) is 0.770. The number of nitrogens with one attached hydrogen (secondary N) is 1. The first-order valence-electron chi connectivity index (χ1n) is 6.19. The van der Waals surface area contributed by atoms with Crippen LogP contribution in [-0.2, 0) is 9.59 Å². The van der Waals surface area contributed by atoms with Gasteiger partial charge in [0, 0.05) is 17.8 Å². The first kappa shape index (κ1) is 16.0. The van der Waals surface area contributed by atoms with Crippen molar-refractivity contribution in [1.82, 2.24) is 5.01 Å². The third-order valence-corrected chi connectivity index (χ3v) is 3.00. The first-order chi connectivity index (χ1) is 10.1. The largest absolute Gasteiger partial charge is 0.438 e. The van der Waals surface area contributed by atoms with Crippen molar-refractivity contribution in [2.75, 3.05) is 5.32 Å². The van der Waals surface area contributed by atoms with Crippen LogP contribution in [0.25, 0.3) is 0 Å². The number of rotatable bonds is 1. The van der Waals surface area contributed by atoms with E-state index in [0.717, 1.165) is 0 Å². The van der Waals surface area contributed by atoms with Gasteiger partial charge in [0.15, 0.2) is 0 Å². The number of aliphatic hydroxyl groups is 1. The lowest BCUT2D eigenvalue weighted by atomic mass is 10.1. The molecular formula is C13H12F3N3O3. The molecule has 1 aliphatic rings. The summed E-state index contributed by atoms with van der Waals surface area (Å²) >= 11 is 0. The highest BCUT2D eigenvalue weighted by atomic mass is 19.4. The molecule has 0 saturated heterocycles. The van der Waals surface area contributed by atoms with Gasteiger partial charge in [-0.15, -0.1) is 0 Å². The van der Waals surface area contributed by atoms with Crippen LogP contribution in [0.2, 0.25) is 0 Å². The third-order valence-electron chi connectivity index (χ3n) is 3.00. The molecule has 0 radical (unpaired) electrons. The van der Waals surface area contributed by atoms with Crippen LogP contribution in [0.3, 0.4) is 0 Å². The van der Waals surface area contributed by atoms with Crippen LogP contribution in [0.5, 0.6) is 0 Å². The van der Waals surface area contributed by atoms with Gasteiger partial charge in [0.05, 0.1) is 0 Å². The Morgan fingerprint density at radius 3 is 2.45 bits per heavy atom. The average molecular weight is 315 g/mol. The molecule has 2 rings (SSSR count). The van der Waals surface area contributed by atoms with Crippen LogP contribution in [0.4, 0.5) is 18.9 Å². The fraction of sp³-hybridized carbons (Fsp3) is 0.308. The molecule has 22 heavy (non-hydrogen) atoms. The number of benzene rings is 1. The molecule has 0 saturated carbocycles. The van der Waals surface area contributed by atoms with E-state index in [4.69, 9.17) is 0 Å². The van der Waals surface area contributed by atoms with Crippen LogP contribution < -0.4 is 5.32 Å². The molecule has 1 aliphatic heterocycles. The van der Waals surface area contributed by atoms with Gasteiger partial charge in [-0.25, -0.2) is 0 Å². The van der Waals surface area contributed by atoms with E-state index >= 15 is 0 Å². The average Bonchev–Trinajstić information content (AvgIpc) is 2.75. The Morgan fingerprint density at radius 1 is 1.32 bits per heavy atom. The first-order valence-corrected chi connectivity index (χ1v) is 6.19. The summed E-state index contributed by atoms with van der Waals surface area (Å²) in [6.07, 6.45) is -6.04. The lowest BCUT2D eigenvalue weighted by molar-refractivity contribution is -0.301. The fourth-order valence-electron chi connectivity index (χ4n) is 1.96. The van der Waals surface area contributed by atoms with Gasteiger partial charge in [-0.1, -0.05) is 18.2 Å². The second kappa shape index (κ2) is 5.41. The number of halogens is 3. The van der Waals surface area contributed by atoms with Crippen molar-refractivity contribution in [3.05, 3.63) is 30.3 Å². The van der Waals surface area contributed by atoms with E-state index in [1.807, 2.05) is 0 Å². The summed E-state index contributed by atoms with van der Waals surface area (Å²) in [5.74, 6) is -2.92. The Kier molecular flexibility index (Phi) is 3.92. The number of hydrogen-bond donors (Lipinski definition) is 2. The maximum Gasteiger partial charge on any atom is 0.438 e. The lowest BCUT2D eigenvalue weighted by Gasteiger charge is -2.32. The van der Waals surface area contributed by atoms with E-state index in [1.165, 1.54) is 19.1 Å². The zero-order valence-corrected chi connectivity index (χ0v) is 11.4. The van der Waals surface area contributed by atoms with Gasteiger partial charge in [0.2, 0.25) is 0 Å². The van der Waals surface area contributed by atoms with Gasteiger partial charge in [0.1, 0.15) is 0 Å². The molecule has 9 heteroatoms. The molecule has 0 spiro atoms. The van der Waals surface area contributed by atoms with Crippen LogP contribution in [-0.4, -0.2) is 39.5 Å². The lowest BCUT2D eigenvalue weighted by Crippen LogP contribution is -2.58. The topological polar surface area (TPSA) is 82.0 Å². The zero-order valence-electron chi connectivity index (χ0n) is 11.4. The van der Waals surface area contributed by atoms with Crippen molar-refractivity contribution in [3.63, 3.8) is 0 Å². The molecule has 1 atom stereocenters. The van der Waals surface area contributed by atoms with E-state index in [1.54, 1.807) is 18.2 Å². The van der Waals surface area contributed by atoms with Crippen molar-refractivity contribution in [2.24, 2.45) is 5.10 Å². The number of hydrogen-bond acceptors (Lipinski definition) is 4. The van der Waals surface area contributed by atoms with Gasteiger partial charge in [0.25, 0.3) is 5.72 Å². The van der Waals surface area contributed by atoms with Crippen LogP contribution in [0, 0.1) is 0 Å². The summed E-state index contributed by atoms with van der Waals surface area (Å²) in [6, 6.07) is 7.72. The molecule has 1 aromatic rings. The van der Waals surface area contributed by atoms with E-state index in [-0.39, 0.29) is 16.4 Å². The Hall–Kier alpha value is -2.42. The number of carbonyl (C=O) groups is 2. The standard InChI is InChI=1S/C13H12F3N3O3/c1-8-7-12(22,13(14,15)16)19(18-8)11(21)10(20)17-9-5-3-2-4-6-9/h2-6,22H,7H2,1H3,(H,17,20)/t12-/m1/s1. The third kappa shape index (κ3) is 2.80. The predicted molar refractivity (Wildman–Crippen MR) is 70.6 cm³/mol. The normalized spacial score (nSPS) is 21.5. The highest BCUT2D eigenvalue weighted by Crippen LogP contribution is 2.40. The summed E-state index contributed by atoms with van der Waals surface area (Å²) < 4.78 is 38.9.